The minimum absolute atomic E-state index is 0.202. The fourth-order valence-corrected chi connectivity index (χ4v) is 8.13. The summed E-state index contributed by atoms with van der Waals surface area (Å²) < 4.78 is 86.5. The molecule has 0 bridgehead atoms. The zero-order chi connectivity index (χ0) is 43.8. The van der Waals surface area contributed by atoms with Crippen LogP contribution in [0.4, 0.5) is 49.1 Å². The molecule has 0 aliphatic rings. The molecule has 14 heteroatoms. The summed E-state index contributed by atoms with van der Waals surface area (Å²) in [5, 5.41) is 7.15. The van der Waals surface area contributed by atoms with E-state index in [0.29, 0.717) is 22.1 Å². The highest BCUT2D eigenvalue weighted by molar-refractivity contribution is 5.89. The number of aromatic nitrogens is 4. The summed E-state index contributed by atoms with van der Waals surface area (Å²) in [5.74, 6) is 0. The molecule has 8 nitrogen and oxygen atoms in total. The lowest BCUT2D eigenvalue weighted by Crippen LogP contribution is -2.33. The first-order valence-electron chi connectivity index (χ1n) is 20.6. The van der Waals surface area contributed by atoms with E-state index in [-0.39, 0.29) is 22.4 Å². The van der Waals surface area contributed by atoms with Gasteiger partial charge in [-0.15, -0.1) is 9.13 Å². The number of nitrogens with one attached hydrogen (secondary N) is 2. The molecule has 8 aromatic rings. The van der Waals surface area contributed by atoms with Crippen molar-refractivity contribution in [2.75, 3.05) is 35.2 Å². The van der Waals surface area contributed by atoms with Gasteiger partial charge in [-0.2, -0.15) is 26.3 Å². The highest BCUT2D eigenvalue weighted by Gasteiger charge is 2.36. The van der Waals surface area contributed by atoms with Crippen LogP contribution in [-0.2, 0) is 12.4 Å². The van der Waals surface area contributed by atoms with E-state index >= 15 is 0 Å². The standard InChI is InChI=1S/C48H44F6N8/c1-29-21-39-45(61(31-15-9-7-10-16-31)43-25-35(55)33(47(49,50)51)23-41(43)59-39)27-37(29)57-19-13-5-3-4-6-14-20-58-38-28-46-40(22-30(38)2)60-42-24-34(48(52,53)54)36(56)26-44(42)62(46)32-17-11-8-12-18-32/h7-12,15-18,21-28H,3-6,13-14,19-20H2,1-2H3,(H4,55,56,57,58)/p+2. The van der Waals surface area contributed by atoms with E-state index in [1.807, 2.05) is 108 Å². The maximum absolute atomic E-state index is 13.8. The van der Waals surface area contributed by atoms with Crippen molar-refractivity contribution < 1.29 is 35.5 Å². The molecule has 0 spiro atoms. The van der Waals surface area contributed by atoms with Crippen molar-refractivity contribution in [3.05, 3.63) is 131 Å². The van der Waals surface area contributed by atoms with Crippen LogP contribution in [0, 0.1) is 13.8 Å². The lowest BCUT2D eigenvalue weighted by atomic mass is 10.1. The van der Waals surface area contributed by atoms with E-state index in [9.17, 15) is 26.3 Å². The van der Waals surface area contributed by atoms with Crippen LogP contribution in [-0.4, -0.2) is 23.1 Å². The molecular formula is C48H46F6N8+2. The highest BCUT2D eigenvalue weighted by atomic mass is 19.4. The van der Waals surface area contributed by atoms with Gasteiger partial charge in [0.25, 0.3) is 0 Å². The third-order valence-electron chi connectivity index (χ3n) is 11.3. The molecule has 0 atom stereocenters. The Morgan fingerprint density at radius 3 is 1.18 bits per heavy atom. The Hall–Kier alpha value is -6.70. The smallest absolute Gasteiger partial charge is 0.398 e. The largest absolute Gasteiger partial charge is 0.418 e. The van der Waals surface area contributed by atoms with Crippen LogP contribution in [0.25, 0.3) is 55.5 Å². The molecule has 6 N–H and O–H groups in total. The van der Waals surface area contributed by atoms with Crippen LogP contribution < -0.4 is 31.2 Å². The molecule has 2 aromatic heterocycles. The number of nitrogens with zero attached hydrogens (tertiary/aromatic N) is 4. The summed E-state index contributed by atoms with van der Waals surface area (Å²) in [5.41, 5.74) is 18.7. The number of anilines is 4. The fourth-order valence-electron chi connectivity index (χ4n) is 8.13. The van der Waals surface area contributed by atoms with Gasteiger partial charge in [-0.1, -0.05) is 62.1 Å². The van der Waals surface area contributed by atoms with Gasteiger partial charge in [0, 0.05) is 73.0 Å². The number of nitrogens with two attached hydrogens (primary N) is 2. The van der Waals surface area contributed by atoms with Crippen molar-refractivity contribution in [2.45, 2.75) is 64.7 Å². The SMILES string of the molecule is Cc1cc2nc3cc(C(F)(F)F)c(N)cc3[n+](-c3ccccc3)c2cc1NCCCCCCCCNc1cc2c(cc1C)nc1cc(C(F)(F)F)c(N)cc1[n+]2-c1ccccc1. The zero-order valence-corrected chi connectivity index (χ0v) is 34.3. The van der Waals surface area contributed by atoms with Crippen molar-refractivity contribution in [3.8, 4) is 11.4 Å². The third kappa shape index (κ3) is 8.59. The first-order chi connectivity index (χ1) is 29.7. The van der Waals surface area contributed by atoms with Crippen molar-refractivity contribution in [2.24, 2.45) is 0 Å². The minimum atomic E-state index is -4.60. The lowest BCUT2D eigenvalue weighted by Gasteiger charge is -2.14. The molecule has 0 aliphatic carbocycles. The molecule has 6 aromatic carbocycles. The van der Waals surface area contributed by atoms with Crippen molar-refractivity contribution >= 4 is 66.9 Å². The molecule has 318 valence electrons. The number of hydrogen-bond acceptors (Lipinski definition) is 6. The number of alkyl halides is 6. The van der Waals surface area contributed by atoms with E-state index in [4.69, 9.17) is 11.5 Å². The summed E-state index contributed by atoms with van der Waals surface area (Å²) in [6.07, 6.45) is -3.04. The normalized spacial score (nSPS) is 12.2. The van der Waals surface area contributed by atoms with Crippen LogP contribution in [0.3, 0.4) is 0 Å². The molecule has 0 amide bonds. The second-order valence-electron chi connectivity index (χ2n) is 15.7. The zero-order valence-electron chi connectivity index (χ0n) is 34.3. The van der Waals surface area contributed by atoms with Gasteiger partial charge in [0.15, 0.2) is 0 Å². The van der Waals surface area contributed by atoms with Gasteiger partial charge in [0.05, 0.1) is 22.5 Å². The second-order valence-corrected chi connectivity index (χ2v) is 15.7. The summed E-state index contributed by atoms with van der Waals surface area (Å²) in [6.45, 7) is 5.44. The summed E-state index contributed by atoms with van der Waals surface area (Å²) in [6, 6.07) is 31.5. The number of fused-ring (bicyclic) bond motifs is 4. The first kappa shape index (κ1) is 42.0. The maximum atomic E-state index is 13.8. The number of para-hydroxylation sites is 2. The maximum Gasteiger partial charge on any atom is 0.418 e. The van der Waals surface area contributed by atoms with Crippen molar-refractivity contribution in [1.29, 1.82) is 0 Å². The highest BCUT2D eigenvalue weighted by Crippen LogP contribution is 2.38. The third-order valence-corrected chi connectivity index (χ3v) is 11.3. The molecule has 0 saturated carbocycles. The Morgan fingerprint density at radius 1 is 0.468 bits per heavy atom. The Morgan fingerprint density at radius 2 is 0.806 bits per heavy atom. The summed E-state index contributed by atoms with van der Waals surface area (Å²) in [4.78, 5) is 9.31. The van der Waals surface area contributed by atoms with Gasteiger partial charge >= 0.3 is 12.4 Å². The molecule has 8 rings (SSSR count). The van der Waals surface area contributed by atoms with Crippen LogP contribution >= 0.6 is 0 Å². The Bertz CT molecular complexity index is 2740. The van der Waals surface area contributed by atoms with Crippen LogP contribution in [0.5, 0.6) is 0 Å². The average molecular weight is 849 g/mol. The van der Waals surface area contributed by atoms with E-state index in [0.717, 1.165) is 109 Å². The molecule has 0 fully saturated rings. The van der Waals surface area contributed by atoms with Gasteiger partial charge in [-0.3, -0.25) is 0 Å². The fraction of sp³-hybridized carbons (Fsp3) is 0.250. The second kappa shape index (κ2) is 17.0. The summed E-state index contributed by atoms with van der Waals surface area (Å²) >= 11 is 0. The Labute approximate surface area is 354 Å². The molecule has 0 radical (unpaired) electrons. The van der Waals surface area contributed by atoms with Crippen LogP contribution in [0.15, 0.2) is 109 Å². The Kier molecular flexibility index (Phi) is 11.5. The number of hydrogen-bond donors (Lipinski definition) is 4. The number of halogens is 6. The van der Waals surface area contributed by atoms with Gasteiger partial charge < -0.3 is 22.1 Å². The van der Waals surface area contributed by atoms with Gasteiger partial charge in [-0.05, 0) is 62.1 Å². The topological polar surface area (TPSA) is 110 Å². The van der Waals surface area contributed by atoms with E-state index < -0.39 is 23.5 Å². The molecular weight excluding hydrogens is 803 g/mol. The van der Waals surface area contributed by atoms with Gasteiger partial charge in [-0.25, -0.2) is 9.97 Å². The van der Waals surface area contributed by atoms with E-state index in [1.165, 1.54) is 12.1 Å². The summed E-state index contributed by atoms with van der Waals surface area (Å²) in [7, 11) is 0. The minimum Gasteiger partial charge on any atom is -0.398 e. The van der Waals surface area contributed by atoms with Gasteiger partial charge in [0.2, 0.25) is 33.4 Å². The van der Waals surface area contributed by atoms with Crippen molar-refractivity contribution in [1.82, 2.24) is 9.97 Å². The predicted octanol–water partition coefficient (Wildman–Crippen LogP) is 11.3. The van der Waals surface area contributed by atoms with Crippen LogP contribution in [0.2, 0.25) is 0 Å². The Balaban J connectivity index is 0.888. The quantitative estimate of drug-likeness (QED) is 0.0302. The molecule has 0 saturated heterocycles. The average Bonchev–Trinajstić information content (AvgIpc) is 3.22. The van der Waals surface area contributed by atoms with Gasteiger partial charge in [0.1, 0.15) is 22.1 Å². The molecule has 62 heavy (non-hydrogen) atoms. The molecule has 0 aliphatic heterocycles. The number of aryl methyl sites for hydroxylation is 2. The van der Waals surface area contributed by atoms with Crippen molar-refractivity contribution in [3.63, 3.8) is 0 Å². The predicted molar refractivity (Wildman–Crippen MR) is 235 cm³/mol. The first-order valence-corrected chi connectivity index (χ1v) is 20.6. The molecule has 2 heterocycles. The monoisotopic (exact) mass is 848 g/mol. The van der Waals surface area contributed by atoms with E-state index in [2.05, 4.69) is 20.6 Å². The number of unbranched alkanes of at least 4 members (excludes halogenated alkanes) is 5. The number of nitrogen functional groups attached to an aromatic ring is 2. The van der Waals surface area contributed by atoms with Crippen LogP contribution in [0.1, 0.15) is 60.8 Å². The lowest BCUT2D eigenvalue weighted by molar-refractivity contribution is -0.538. The number of rotatable bonds is 13. The molecule has 0 unspecified atom stereocenters. The number of benzene rings is 6. The van der Waals surface area contributed by atoms with E-state index in [1.54, 1.807) is 0 Å².